The monoisotopic (exact) mass is 828 g/mol. The molecule has 2 atom stereocenters. The lowest BCUT2D eigenvalue weighted by molar-refractivity contribution is -0.148. The molecule has 298 valence electrons. The molecule has 0 bridgehead atoms. The van der Waals surface area contributed by atoms with E-state index in [1.165, 1.54) is 29.5 Å². The number of anilines is 2. The number of aromatic nitrogens is 2. The summed E-state index contributed by atoms with van der Waals surface area (Å²) in [6.45, 7) is 0.973. The second kappa shape index (κ2) is 15.8. The van der Waals surface area contributed by atoms with Crippen molar-refractivity contribution in [1.29, 1.82) is 0 Å². The molecule has 2 saturated heterocycles. The molecule has 0 radical (unpaired) electrons. The lowest BCUT2D eigenvalue weighted by Crippen LogP contribution is -2.70. The van der Waals surface area contributed by atoms with E-state index in [9.17, 15) is 33.5 Å². The molecule has 4 N–H and O–H groups in total. The second-order valence-electron chi connectivity index (χ2n) is 12.8. The van der Waals surface area contributed by atoms with E-state index in [1.807, 2.05) is 11.9 Å². The van der Waals surface area contributed by atoms with Gasteiger partial charge in [-0.05, 0) is 37.4 Å². The molecule has 0 unspecified atom stereocenters. The number of amides is 2. The summed E-state index contributed by atoms with van der Waals surface area (Å²) in [4.78, 5) is 78.9. The fourth-order valence-electron chi connectivity index (χ4n) is 6.52. The fourth-order valence-corrected chi connectivity index (χ4v) is 8.37. The molecule has 4 aromatic rings. The van der Waals surface area contributed by atoms with Crippen LogP contribution in [0.1, 0.15) is 16.1 Å². The summed E-state index contributed by atoms with van der Waals surface area (Å²) in [7, 11) is 3.08. The lowest BCUT2D eigenvalue weighted by atomic mass is 10.1. The number of nitrogens with zero attached hydrogens (tertiary/aromatic N) is 6. The van der Waals surface area contributed by atoms with Gasteiger partial charge in [0.1, 0.15) is 53.7 Å². The Morgan fingerprint density at radius 3 is 2.47 bits per heavy atom. The number of likely N-dealkylation sites (N-methyl/N-ethyl adjacent to an activating group) is 1. The zero-order valence-corrected chi connectivity index (χ0v) is 31.5. The Morgan fingerprint density at radius 1 is 1.11 bits per heavy atom. The summed E-state index contributed by atoms with van der Waals surface area (Å²) >= 11 is 2.12. The highest BCUT2D eigenvalue weighted by atomic mass is 32.2. The number of β-lactam (4-membered cyclic amide) rings is 1. The Labute approximate surface area is 328 Å². The molecule has 0 saturated carbocycles. The fraction of sp³-hybridized carbons (Fsp3) is 0.286. The lowest BCUT2D eigenvalue weighted by Gasteiger charge is -2.49. The average Bonchev–Trinajstić information content (AvgIpc) is 3.61. The van der Waals surface area contributed by atoms with E-state index < -0.39 is 81.7 Å². The highest BCUT2D eigenvalue weighted by molar-refractivity contribution is 8.00. The number of hydrogen-bond acceptors (Lipinski definition) is 15. The van der Waals surface area contributed by atoms with Gasteiger partial charge in [-0.15, -0.1) is 23.1 Å². The van der Waals surface area contributed by atoms with Gasteiger partial charge in [0.15, 0.2) is 16.7 Å². The van der Waals surface area contributed by atoms with Crippen molar-refractivity contribution in [1.82, 2.24) is 24.7 Å². The van der Waals surface area contributed by atoms with Crippen LogP contribution >= 0.6 is 23.1 Å². The minimum absolute atomic E-state index is 0.0123. The summed E-state index contributed by atoms with van der Waals surface area (Å²) < 4.78 is 57.6. The zero-order chi connectivity index (χ0) is 40.7. The third kappa shape index (κ3) is 7.45. The molecule has 0 aliphatic carbocycles. The predicted octanol–water partition coefficient (Wildman–Crippen LogP) is 2.71. The molecular formula is C35H31F3N8O9S2. The van der Waals surface area contributed by atoms with Crippen molar-refractivity contribution in [3.63, 3.8) is 0 Å². The molecule has 5 heterocycles. The summed E-state index contributed by atoms with van der Waals surface area (Å²) in [5, 5.41) is 16.0. The van der Waals surface area contributed by atoms with E-state index in [4.69, 9.17) is 20.0 Å². The number of benzene rings is 2. The number of fused-ring (bicyclic) bond motifs is 2. The maximum atomic E-state index is 16.5. The number of nitrogens with two attached hydrogens (primary N) is 1. The number of halogens is 3. The number of oxime groups is 1. The number of rotatable bonds is 10. The molecule has 22 heteroatoms. The number of carboxylic acid groups (broad SMARTS) is 1. The van der Waals surface area contributed by atoms with Gasteiger partial charge in [0.2, 0.25) is 11.3 Å². The van der Waals surface area contributed by atoms with Gasteiger partial charge in [-0.1, -0.05) is 5.16 Å². The third-order valence-electron chi connectivity index (χ3n) is 9.30. The largest absolute Gasteiger partial charge is 0.512 e. The van der Waals surface area contributed by atoms with Crippen molar-refractivity contribution < 1.29 is 51.8 Å². The Morgan fingerprint density at radius 2 is 1.82 bits per heavy atom. The van der Waals surface area contributed by atoms with Gasteiger partial charge in [0.25, 0.3) is 11.8 Å². The molecule has 2 amide bonds. The van der Waals surface area contributed by atoms with E-state index in [2.05, 4.69) is 15.5 Å². The first kappa shape index (κ1) is 39.1. The number of thioether (sulfide) groups is 1. The van der Waals surface area contributed by atoms with Crippen LogP contribution in [-0.2, 0) is 23.9 Å². The molecule has 2 fully saturated rings. The minimum Gasteiger partial charge on any atom is -0.457 e. The standard InChI is InChI=1S/C35H31F3N8O9S2/c1-43-7-9-44(10-8-43)27-21(37)11-19-26(23(27)38)45(18-5-3-17(36)4-6-18)12-20(28(19)47)33(50)54-13-16-14-56-32-25(30(49)46(32)31(16)55-35(51)52)41-29(48)24(42-53-2)22-15-57-34(39)40-22/h3-6,11-12,15,25,32H,7-10,13-14H2,1-2H3,(H2,39,40)(H,41,48)(H,51,52)/b42-24-/t25-,32-/m1/s1. The van der Waals surface area contributed by atoms with Gasteiger partial charge < -0.3 is 44.8 Å². The number of piperazine rings is 1. The predicted molar refractivity (Wildman–Crippen MR) is 201 cm³/mol. The second-order valence-corrected chi connectivity index (χ2v) is 14.8. The van der Waals surface area contributed by atoms with E-state index in [1.54, 1.807) is 0 Å². The SMILES string of the molecule is CO/N=C(\C(=O)N[C@@H]1C(=O)N2C(OC(=O)O)=C(COC(=O)c3cn(-c4ccc(F)cc4)c4c(F)c(N5CCN(C)CC5)c(F)cc4c3=O)CS[C@H]12)c1csc(N)n1. The zero-order valence-electron chi connectivity index (χ0n) is 29.9. The van der Waals surface area contributed by atoms with Crippen LogP contribution in [0.4, 0.5) is 28.8 Å². The van der Waals surface area contributed by atoms with Crippen molar-refractivity contribution in [2.45, 2.75) is 11.4 Å². The molecule has 0 spiro atoms. The molecule has 3 aliphatic heterocycles. The van der Waals surface area contributed by atoms with Crippen LogP contribution in [0.15, 0.2) is 63.3 Å². The Hall–Kier alpha value is -6.13. The van der Waals surface area contributed by atoms with Crippen LogP contribution in [0.3, 0.4) is 0 Å². The first-order valence-corrected chi connectivity index (χ1v) is 18.8. The average molecular weight is 829 g/mol. The Bertz CT molecular complexity index is 2430. The molecular weight excluding hydrogens is 798 g/mol. The Balaban J connectivity index is 1.17. The third-order valence-corrected chi connectivity index (χ3v) is 11.3. The summed E-state index contributed by atoms with van der Waals surface area (Å²) in [6.07, 6.45) is -0.802. The summed E-state index contributed by atoms with van der Waals surface area (Å²) in [5.74, 6) is -6.12. The number of hydrogen-bond donors (Lipinski definition) is 3. The van der Waals surface area contributed by atoms with Crippen molar-refractivity contribution in [3.05, 3.63) is 92.3 Å². The quantitative estimate of drug-likeness (QED) is 0.0909. The van der Waals surface area contributed by atoms with Gasteiger partial charge in [-0.2, -0.15) is 0 Å². The summed E-state index contributed by atoms with van der Waals surface area (Å²) in [6, 6.07) is 4.40. The van der Waals surface area contributed by atoms with Crippen molar-refractivity contribution in [3.8, 4) is 5.69 Å². The van der Waals surface area contributed by atoms with Crippen LogP contribution in [0.25, 0.3) is 16.6 Å². The number of carbonyl (C=O) groups excluding carboxylic acids is 3. The maximum Gasteiger partial charge on any atom is 0.512 e. The number of esters is 1. The first-order valence-electron chi connectivity index (χ1n) is 16.9. The maximum absolute atomic E-state index is 16.5. The summed E-state index contributed by atoms with van der Waals surface area (Å²) in [5.41, 5.74) is 3.20. The highest BCUT2D eigenvalue weighted by Crippen LogP contribution is 2.41. The number of thiazole rings is 1. The molecule has 2 aromatic heterocycles. The van der Waals surface area contributed by atoms with Crippen LogP contribution in [0, 0.1) is 17.5 Å². The number of carbonyl (C=O) groups is 4. The molecule has 7 rings (SSSR count). The van der Waals surface area contributed by atoms with E-state index in [0.29, 0.717) is 26.2 Å². The van der Waals surface area contributed by atoms with E-state index in [0.717, 1.165) is 57.0 Å². The number of ether oxygens (including phenoxy) is 2. The van der Waals surface area contributed by atoms with Gasteiger partial charge in [-0.25, -0.2) is 27.7 Å². The number of nitrogens with one attached hydrogen (secondary N) is 1. The minimum atomic E-state index is -1.80. The molecule has 17 nitrogen and oxygen atoms in total. The van der Waals surface area contributed by atoms with Gasteiger partial charge in [0.05, 0.1) is 10.9 Å². The number of pyridine rings is 1. The number of nitrogen functional groups attached to an aromatic ring is 1. The van der Waals surface area contributed by atoms with Crippen LogP contribution in [-0.4, -0.2) is 118 Å². The highest BCUT2D eigenvalue weighted by Gasteiger charge is 2.54. The van der Waals surface area contributed by atoms with E-state index >= 15 is 8.78 Å². The van der Waals surface area contributed by atoms with E-state index in [-0.39, 0.29) is 44.8 Å². The van der Waals surface area contributed by atoms with Crippen LogP contribution in [0.5, 0.6) is 0 Å². The van der Waals surface area contributed by atoms with Crippen LogP contribution < -0.4 is 21.4 Å². The van der Waals surface area contributed by atoms with Crippen molar-refractivity contribution in [2.24, 2.45) is 5.16 Å². The van der Waals surface area contributed by atoms with Crippen molar-refractivity contribution in [2.75, 3.05) is 63.3 Å². The van der Waals surface area contributed by atoms with Gasteiger partial charge in [0, 0.05) is 54.8 Å². The topological polar surface area (TPSA) is 211 Å². The van der Waals surface area contributed by atoms with Gasteiger partial charge >= 0.3 is 12.1 Å². The molecule has 2 aromatic carbocycles. The first-order chi connectivity index (χ1) is 27.3. The molecule has 3 aliphatic rings. The van der Waals surface area contributed by atoms with Crippen molar-refractivity contribution >= 4 is 74.5 Å². The Kier molecular flexibility index (Phi) is 10.8. The van der Waals surface area contributed by atoms with Crippen LogP contribution in [0.2, 0.25) is 0 Å². The smallest absolute Gasteiger partial charge is 0.457 e. The molecule has 57 heavy (non-hydrogen) atoms. The van der Waals surface area contributed by atoms with Gasteiger partial charge in [-0.3, -0.25) is 19.3 Å². The normalized spacial score (nSPS) is 18.6.